The third kappa shape index (κ3) is 3.99. The number of H-pyrrole nitrogens is 1. The Hall–Kier alpha value is -2.05. The minimum Gasteiger partial charge on any atom is -0.448 e. The van der Waals surface area contributed by atoms with Crippen molar-refractivity contribution in [2.24, 2.45) is 5.92 Å². The minimum absolute atomic E-state index is 0.244. The van der Waals surface area contributed by atoms with Gasteiger partial charge in [0, 0.05) is 0 Å². The standard InChI is InChI=1S/C9H14N4O3/c1-6(2)4-16-9(15)13-12-8(14)7-3-10-5-11-7/h3,5-6H,4H2,1-2H3,(H,10,11)(H,12,14)(H,13,15). The zero-order valence-corrected chi connectivity index (χ0v) is 9.11. The number of amides is 2. The number of aromatic nitrogens is 2. The van der Waals surface area contributed by atoms with Crippen LogP contribution in [0.5, 0.6) is 0 Å². The molecule has 0 saturated heterocycles. The van der Waals surface area contributed by atoms with Gasteiger partial charge in [-0.2, -0.15) is 0 Å². The molecule has 2 amide bonds. The zero-order valence-electron chi connectivity index (χ0n) is 9.11. The van der Waals surface area contributed by atoms with Crippen molar-refractivity contribution in [2.75, 3.05) is 6.61 Å². The lowest BCUT2D eigenvalue weighted by Crippen LogP contribution is -2.42. The molecule has 16 heavy (non-hydrogen) atoms. The Morgan fingerprint density at radius 1 is 1.50 bits per heavy atom. The number of nitrogens with zero attached hydrogens (tertiary/aromatic N) is 1. The average molecular weight is 226 g/mol. The maximum atomic E-state index is 11.3. The van der Waals surface area contributed by atoms with Gasteiger partial charge in [0.25, 0.3) is 5.91 Å². The van der Waals surface area contributed by atoms with Crippen molar-refractivity contribution in [3.63, 3.8) is 0 Å². The van der Waals surface area contributed by atoms with Crippen LogP contribution in [-0.4, -0.2) is 28.6 Å². The van der Waals surface area contributed by atoms with Gasteiger partial charge in [-0.1, -0.05) is 13.8 Å². The minimum atomic E-state index is -0.693. The quantitative estimate of drug-likeness (QED) is 0.651. The summed E-state index contributed by atoms with van der Waals surface area (Å²) in [6, 6.07) is 0. The van der Waals surface area contributed by atoms with Gasteiger partial charge in [-0.3, -0.25) is 10.2 Å². The van der Waals surface area contributed by atoms with E-state index in [0.717, 1.165) is 0 Å². The van der Waals surface area contributed by atoms with Gasteiger partial charge in [0.2, 0.25) is 0 Å². The summed E-state index contributed by atoms with van der Waals surface area (Å²) in [6.07, 6.45) is 2.02. The van der Waals surface area contributed by atoms with E-state index in [1.807, 2.05) is 13.8 Å². The van der Waals surface area contributed by atoms with Gasteiger partial charge >= 0.3 is 6.09 Å². The molecule has 0 aliphatic carbocycles. The van der Waals surface area contributed by atoms with Crippen LogP contribution in [0.4, 0.5) is 4.79 Å². The van der Waals surface area contributed by atoms with Crippen molar-refractivity contribution in [2.45, 2.75) is 13.8 Å². The molecular formula is C9H14N4O3. The zero-order chi connectivity index (χ0) is 12.0. The van der Waals surface area contributed by atoms with Crippen LogP contribution >= 0.6 is 0 Å². The fourth-order valence-corrected chi connectivity index (χ4v) is 0.834. The van der Waals surface area contributed by atoms with Crippen LogP contribution in [0.15, 0.2) is 12.5 Å². The monoisotopic (exact) mass is 226 g/mol. The highest BCUT2D eigenvalue weighted by Gasteiger charge is 2.08. The van der Waals surface area contributed by atoms with E-state index in [0.29, 0.717) is 6.61 Å². The second kappa shape index (κ2) is 5.74. The predicted octanol–water partition coefficient (Wildman–Crippen LogP) is 0.437. The fraction of sp³-hybridized carbons (Fsp3) is 0.444. The molecule has 0 bridgehead atoms. The van der Waals surface area contributed by atoms with Gasteiger partial charge in [0.15, 0.2) is 0 Å². The van der Waals surface area contributed by atoms with Gasteiger partial charge in [-0.15, -0.1) is 0 Å². The molecule has 3 N–H and O–H groups in total. The second-order valence-corrected chi connectivity index (χ2v) is 3.54. The molecule has 1 heterocycles. The highest BCUT2D eigenvalue weighted by molar-refractivity contribution is 5.92. The van der Waals surface area contributed by atoms with E-state index in [1.165, 1.54) is 12.5 Å². The number of rotatable bonds is 3. The number of imidazole rings is 1. The SMILES string of the molecule is CC(C)COC(=O)NNC(=O)c1cnc[nH]1. The van der Waals surface area contributed by atoms with E-state index < -0.39 is 12.0 Å². The number of hydrogen-bond acceptors (Lipinski definition) is 4. The number of nitrogens with one attached hydrogen (secondary N) is 3. The van der Waals surface area contributed by atoms with Crippen LogP contribution in [0.3, 0.4) is 0 Å². The van der Waals surface area contributed by atoms with Crippen LogP contribution in [-0.2, 0) is 4.74 Å². The first-order valence-electron chi connectivity index (χ1n) is 4.81. The third-order valence-corrected chi connectivity index (χ3v) is 1.57. The summed E-state index contributed by atoms with van der Waals surface area (Å²) in [5.74, 6) is -0.243. The molecule has 0 saturated carbocycles. The fourth-order valence-electron chi connectivity index (χ4n) is 0.834. The van der Waals surface area contributed by atoms with Crippen molar-refractivity contribution in [1.29, 1.82) is 0 Å². The average Bonchev–Trinajstić information content (AvgIpc) is 2.76. The molecule has 0 unspecified atom stereocenters. The Morgan fingerprint density at radius 2 is 2.25 bits per heavy atom. The molecule has 7 heteroatoms. The van der Waals surface area contributed by atoms with Crippen molar-refractivity contribution in [3.05, 3.63) is 18.2 Å². The summed E-state index contributed by atoms with van der Waals surface area (Å²) in [5, 5.41) is 0. The molecule has 1 aromatic heterocycles. The summed E-state index contributed by atoms with van der Waals surface area (Å²) >= 11 is 0. The number of hydrogen-bond donors (Lipinski definition) is 3. The Labute approximate surface area is 92.6 Å². The van der Waals surface area contributed by atoms with Crippen LogP contribution < -0.4 is 10.9 Å². The second-order valence-electron chi connectivity index (χ2n) is 3.54. The van der Waals surface area contributed by atoms with E-state index in [9.17, 15) is 9.59 Å². The molecule has 0 fully saturated rings. The first-order chi connectivity index (χ1) is 7.59. The van der Waals surface area contributed by atoms with Gasteiger partial charge in [0.05, 0.1) is 19.1 Å². The number of carbonyl (C=O) groups is 2. The van der Waals surface area contributed by atoms with E-state index in [1.54, 1.807) is 0 Å². The summed E-state index contributed by atoms with van der Waals surface area (Å²) in [6.45, 7) is 4.12. The number of ether oxygens (including phenoxy) is 1. The molecule has 0 aromatic carbocycles. The highest BCUT2D eigenvalue weighted by atomic mass is 16.6. The smallest absolute Gasteiger partial charge is 0.426 e. The molecule has 7 nitrogen and oxygen atoms in total. The van der Waals surface area contributed by atoms with Gasteiger partial charge in [-0.25, -0.2) is 15.2 Å². The summed E-state index contributed by atoms with van der Waals surface area (Å²) in [7, 11) is 0. The first-order valence-corrected chi connectivity index (χ1v) is 4.81. The Balaban J connectivity index is 2.24. The van der Waals surface area contributed by atoms with Crippen molar-refractivity contribution >= 4 is 12.0 Å². The molecular weight excluding hydrogens is 212 g/mol. The van der Waals surface area contributed by atoms with Gasteiger partial charge in [0.1, 0.15) is 5.69 Å². The van der Waals surface area contributed by atoms with Gasteiger partial charge in [-0.05, 0) is 5.92 Å². The summed E-state index contributed by atoms with van der Waals surface area (Å²) < 4.78 is 4.78. The van der Waals surface area contributed by atoms with E-state index >= 15 is 0 Å². The largest absolute Gasteiger partial charge is 0.448 e. The van der Waals surface area contributed by atoms with E-state index in [-0.39, 0.29) is 11.6 Å². The van der Waals surface area contributed by atoms with Crippen LogP contribution in [0, 0.1) is 5.92 Å². The number of aromatic amines is 1. The Bertz CT molecular complexity index is 348. The molecule has 0 aliphatic heterocycles. The van der Waals surface area contributed by atoms with Gasteiger partial charge < -0.3 is 9.72 Å². The summed E-state index contributed by atoms with van der Waals surface area (Å²) in [5.41, 5.74) is 4.55. The maximum Gasteiger partial charge on any atom is 0.426 e. The summed E-state index contributed by atoms with van der Waals surface area (Å²) in [4.78, 5) is 28.6. The molecule has 0 atom stereocenters. The molecule has 0 spiro atoms. The molecule has 1 rings (SSSR count). The molecule has 1 aromatic rings. The Morgan fingerprint density at radius 3 is 2.81 bits per heavy atom. The van der Waals surface area contributed by atoms with E-state index in [4.69, 9.17) is 4.74 Å². The normalized spacial score (nSPS) is 9.94. The van der Waals surface area contributed by atoms with Crippen LogP contribution in [0.2, 0.25) is 0 Å². The number of carbonyl (C=O) groups excluding carboxylic acids is 2. The maximum absolute atomic E-state index is 11.3. The lowest BCUT2D eigenvalue weighted by Gasteiger charge is -2.08. The third-order valence-electron chi connectivity index (χ3n) is 1.57. The molecule has 0 aliphatic rings. The van der Waals surface area contributed by atoms with Crippen LogP contribution in [0.1, 0.15) is 24.3 Å². The van der Waals surface area contributed by atoms with Crippen LogP contribution in [0.25, 0.3) is 0 Å². The highest BCUT2D eigenvalue weighted by Crippen LogP contribution is 1.92. The lowest BCUT2D eigenvalue weighted by atomic mass is 10.2. The van der Waals surface area contributed by atoms with Crippen molar-refractivity contribution in [3.8, 4) is 0 Å². The number of hydrazine groups is 1. The predicted molar refractivity (Wildman–Crippen MR) is 55.4 cm³/mol. The van der Waals surface area contributed by atoms with E-state index in [2.05, 4.69) is 20.8 Å². The molecule has 88 valence electrons. The first kappa shape index (κ1) is 12.0. The lowest BCUT2D eigenvalue weighted by molar-refractivity contribution is 0.0897. The van der Waals surface area contributed by atoms with Crippen molar-refractivity contribution in [1.82, 2.24) is 20.8 Å². The topological polar surface area (TPSA) is 96.1 Å². The Kier molecular flexibility index (Phi) is 4.31. The molecule has 0 radical (unpaired) electrons. The van der Waals surface area contributed by atoms with Crippen molar-refractivity contribution < 1.29 is 14.3 Å².